The van der Waals surface area contributed by atoms with Crippen LogP contribution in [0.2, 0.25) is 0 Å². The standard InChI is InChI=1S/C16H32N2/c1-3-5-6-7-8-12-18-13-9-16(10-14-18)15-17-11-4-2/h3,16-17H,1,4-15H2,2H3. The first-order chi connectivity index (χ1) is 8.86. The van der Waals surface area contributed by atoms with Crippen molar-refractivity contribution in [2.24, 2.45) is 5.92 Å². The summed E-state index contributed by atoms with van der Waals surface area (Å²) in [6.45, 7) is 12.4. The second kappa shape index (κ2) is 10.6. The summed E-state index contributed by atoms with van der Waals surface area (Å²) in [5.41, 5.74) is 0. The van der Waals surface area contributed by atoms with Crippen LogP contribution in [0.25, 0.3) is 0 Å². The Labute approximate surface area is 114 Å². The van der Waals surface area contributed by atoms with Gasteiger partial charge in [-0.05, 0) is 77.2 Å². The molecule has 2 heteroatoms. The Kier molecular flexibility index (Phi) is 9.23. The van der Waals surface area contributed by atoms with Gasteiger partial charge in [0.2, 0.25) is 0 Å². The van der Waals surface area contributed by atoms with Crippen LogP contribution in [0.15, 0.2) is 12.7 Å². The lowest BCUT2D eigenvalue weighted by Gasteiger charge is -2.32. The maximum atomic E-state index is 3.77. The number of likely N-dealkylation sites (tertiary alicyclic amines) is 1. The summed E-state index contributed by atoms with van der Waals surface area (Å²) in [5, 5.41) is 3.56. The van der Waals surface area contributed by atoms with E-state index < -0.39 is 0 Å². The summed E-state index contributed by atoms with van der Waals surface area (Å²) < 4.78 is 0. The minimum absolute atomic E-state index is 0.925. The zero-order valence-corrected chi connectivity index (χ0v) is 12.3. The molecule has 0 atom stereocenters. The van der Waals surface area contributed by atoms with Gasteiger partial charge in [-0.1, -0.05) is 19.4 Å². The quantitative estimate of drug-likeness (QED) is 0.473. The highest BCUT2D eigenvalue weighted by atomic mass is 15.1. The Balaban J connectivity index is 1.96. The zero-order chi connectivity index (χ0) is 13.1. The van der Waals surface area contributed by atoms with E-state index in [1.165, 1.54) is 77.7 Å². The smallest absolute Gasteiger partial charge is 0.00156 e. The van der Waals surface area contributed by atoms with Crippen molar-refractivity contribution in [3.63, 3.8) is 0 Å². The number of unbranched alkanes of at least 4 members (excludes halogenated alkanes) is 3. The summed E-state index contributed by atoms with van der Waals surface area (Å²) >= 11 is 0. The Morgan fingerprint density at radius 3 is 2.67 bits per heavy atom. The third-order valence-electron chi connectivity index (χ3n) is 3.95. The molecule has 1 rings (SSSR count). The largest absolute Gasteiger partial charge is 0.316 e. The molecule has 1 aliphatic heterocycles. The normalized spacial score (nSPS) is 18.1. The predicted molar refractivity (Wildman–Crippen MR) is 81.0 cm³/mol. The first kappa shape index (κ1) is 15.7. The molecular formula is C16H32N2. The Bertz CT molecular complexity index is 195. The number of allylic oxidation sites excluding steroid dienone is 1. The van der Waals surface area contributed by atoms with Crippen molar-refractivity contribution in [3.05, 3.63) is 12.7 Å². The van der Waals surface area contributed by atoms with Gasteiger partial charge in [-0.2, -0.15) is 0 Å². The van der Waals surface area contributed by atoms with E-state index in [2.05, 4.69) is 23.7 Å². The van der Waals surface area contributed by atoms with Crippen LogP contribution in [0.1, 0.15) is 51.9 Å². The molecule has 0 radical (unpaired) electrons. The predicted octanol–water partition coefficient (Wildman–Crippen LogP) is 3.44. The molecule has 1 saturated heterocycles. The zero-order valence-electron chi connectivity index (χ0n) is 12.3. The van der Waals surface area contributed by atoms with Gasteiger partial charge in [0.05, 0.1) is 0 Å². The van der Waals surface area contributed by atoms with Crippen LogP contribution >= 0.6 is 0 Å². The van der Waals surface area contributed by atoms with Crippen molar-refractivity contribution >= 4 is 0 Å². The lowest BCUT2D eigenvalue weighted by Crippen LogP contribution is -2.37. The van der Waals surface area contributed by atoms with Crippen LogP contribution in [-0.2, 0) is 0 Å². The average Bonchev–Trinajstić information content (AvgIpc) is 2.40. The number of piperidine rings is 1. The topological polar surface area (TPSA) is 15.3 Å². The van der Waals surface area contributed by atoms with Gasteiger partial charge in [0.1, 0.15) is 0 Å². The molecule has 106 valence electrons. The van der Waals surface area contributed by atoms with Gasteiger partial charge in [-0.15, -0.1) is 6.58 Å². The highest BCUT2D eigenvalue weighted by Gasteiger charge is 2.17. The van der Waals surface area contributed by atoms with Gasteiger partial charge in [0.25, 0.3) is 0 Å². The Hall–Kier alpha value is -0.340. The molecule has 18 heavy (non-hydrogen) atoms. The van der Waals surface area contributed by atoms with Crippen LogP contribution < -0.4 is 5.32 Å². The van der Waals surface area contributed by atoms with Gasteiger partial charge < -0.3 is 10.2 Å². The van der Waals surface area contributed by atoms with Crippen LogP contribution in [0.3, 0.4) is 0 Å². The third kappa shape index (κ3) is 7.17. The summed E-state index contributed by atoms with van der Waals surface area (Å²) in [7, 11) is 0. The summed E-state index contributed by atoms with van der Waals surface area (Å²) in [6.07, 6.45) is 11.3. The average molecular weight is 252 g/mol. The van der Waals surface area contributed by atoms with Gasteiger partial charge in [-0.25, -0.2) is 0 Å². The molecule has 0 amide bonds. The minimum Gasteiger partial charge on any atom is -0.316 e. The molecule has 0 aromatic rings. The molecule has 0 spiro atoms. The second-order valence-corrected chi connectivity index (χ2v) is 5.63. The van der Waals surface area contributed by atoms with E-state index >= 15 is 0 Å². The molecule has 0 unspecified atom stereocenters. The maximum Gasteiger partial charge on any atom is -0.00156 e. The summed E-state index contributed by atoms with van der Waals surface area (Å²) in [4.78, 5) is 2.66. The molecule has 0 saturated carbocycles. The Morgan fingerprint density at radius 2 is 2.00 bits per heavy atom. The lowest BCUT2D eigenvalue weighted by molar-refractivity contribution is 0.179. The second-order valence-electron chi connectivity index (χ2n) is 5.63. The van der Waals surface area contributed by atoms with E-state index in [-0.39, 0.29) is 0 Å². The fraction of sp³-hybridized carbons (Fsp3) is 0.875. The molecule has 0 aliphatic carbocycles. The molecular weight excluding hydrogens is 220 g/mol. The Morgan fingerprint density at radius 1 is 1.22 bits per heavy atom. The first-order valence-electron chi connectivity index (χ1n) is 7.90. The van der Waals surface area contributed by atoms with Crippen LogP contribution in [0.5, 0.6) is 0 Å². The number of nitrogens with one attached hydrogen (secondary N) is 1. The molecule has 1 fully saturated rings. The van der Waals surface area contributed by atoms with E-state index in [4.69, 9.17) is 0 Å². The van der Waals surface area contributed by atoms with E-state index in [0.29, 0.717) is 0 Å². The molecule has 0 bridgehead atoms. The van der Waals surface area contributed by atoms with Crippen LogP contribution in [-0.4, -0.2) is 37.6 Å². The minimum atomic E-state index is 0.925. The monoisotopic (exact) mass is 252 g/mol. The number of nitrogens with zero attached hydrogens (tertiary/aromatic N) is 1. The van der Waals surface area contributed by atoms with Crippen molar-refractivity contribution in [1.29, 1.82) is 0 Å². The van der Waals surface area contributed by atoms with E-state index in [1.807, 2.05) is 6.08 Å². The fourth-order valence-electron chi connectivity index (χ4n) is 2.70. The molecule has 1 aliphatic rings. The van der Waals surface area contributed by atoms with Crippen molar-refractivity contribution in [3.8, 4) is 0 Å². The third-order valence-corrected chi connectivity index (χ3v) is 3.95. The van der Waals surface area contributed by atoms with Gasteiger partial charge in [0.15, 0.2) is 0 Å². The number of rotatable bonds is 10. The highest BCUT2D eigenvalue weighted by Crippen LogP contribution is 2.17. The fourth-order valence-corrected chi connectivity index (χ4v) is 2.70. The van der Waals surface area contributed by atoms with Crippen LogP contribution in [0, 0.1) is 5.92 Å². The van der Waals surface area contributed by atoms with Crippen molar-refractivity contribution in [2.45, 2.75) is 51.9 Å². The molecule has 2 nitrogen and oxygen atoms in total. The summed E-state index contributed by atoms with van der Waals surface area (Å²) in [6, 6.07) is 0. The maximum absolute atomic E-state index is 3.77. The molecule has 1 N–H and O–H groups in total. The van der Waals surface area contributed by atoms with Crippen molar-refractivity contribution in [1.82, 2.24) is 10.2 Å². The lowest BCUT2D eigenvalue weighted by atomic mass is 9.96. The number of hydrogen-bond donors (Lipinski definition) is 1. The number of hydrogen-bond acceptors (Lipinski definition) is 2. The van der Waals surface area contributed by atoms with Gasteiger partial charge in [0, 0.05) is 0 Å². The highest BCUT2D eigenvalue weighted by molar-refractivity contribution is 4.74. The summed E-state index contributed by atoms with van der Waals surface area (Å²) in [5.74, 6) is 0.925. The van der Waals surface area contributed by atoms with E-state index in [0.717, 1.165) is 5.92 Å². The molecule has 1 heterocycles. The van der Waals surface area contributed by atoms with E-state index in [1.54, 1.807) is 0 Å². The van der Waals surface area contributed by atoms with Gasteiger partial charge in [-0.3, -0.25) is 0 Å². The SMILES string of the molecule is C=CCCCCCN1CCC(CNCCC)CC1. The molecule has 0 aromatic carbocycles. The van der Waals surface area contributed by atoms with E-state index in [9.17, 15) is 0 Å². The van der Waals surface area contributed by atoms with Gasteiger partial charge >= 0.3 is 0 Å². The van der Waals surface area contributed by atoms with Crippen molar-refractivity contribution < 1.29 is 0 Å². The van der Waals surface area contributed by atoms with Crippen LogP contribution in [0.4, 0.5) is 0 Å². The first-order valence-corrected chi connectivity index (χ1v) is 7.90. The van der Waals surface area contributed by atoms with Crippen molar-refractivity contribution in [2.75, 3.05) is 32.7 Å². The molecule has 0 aromatic heterocycles.